The fourth-order valence-electron chi connectivity index (χ4n) is 2.42. The van der Waals surface area contributed by atoms with Crippen LogP contribution in [0.1, 0.15) is 36.0 Å². The number of aliphatic hydroxyl groups excluding tert-OH is 1. The third-order valence-electron chi connectivity index (χ3n) is 3.63. The van der Waals surface area contributed by atoms with Gasteiger partial charge in [0.15, 0.2) is 0 Å². The van der Waals surface area contributed by atoms with Gasteiger partial charge in [0.2, 0.25) is 0 Å². The molecule has 1 amide bonds. The molecular weight excluding hydrogens is 264 g/mol. The zero-order chi connectivity index (χ0) is 13.8. The van der Waals surface area contributed by atoms with E-state index in [1.807, 2.05) is 0 Å². The fourth-order valence-corrected chi connectivity index (χ4v) is 2.60. The van der Waals surface area contributed by atoms with Crippen LogP contribution in [0, 0.1) is 5.92 Å². The number of benzene rings is 1. The maximum Gasteiger partial charge on any atom is 0.253 e. The molecule has 0 heterocycles. The third kappa shape index (κ3) is 3.85. The Morgan fingerprint density at radius 2 is 2.05 bits per heavy atom. The number of aliphatic hydroxyl groups is 1. The SMILES string of the molecule is Nc1cc(Cl)ccc1C(=O)NCC1CCC(O)CC1. The molecule has 1 aromatic rings. The molecule has 0 radical (unpaired) electrons. The van der Waals surface area contributed by atoms with E-state index in [-0.39, 0.29) is 12.0 Å². The molecule has 104 valence electrons. The molecule has 4 N–H and O–H groups in total. The topological polar surface area (TPSA) is 75.4 Å². The lowest BCUT2D eigenvalue weighted by Crippen LogP contribution is -2.32. The molecule has 5 heteroatoms. The number of rotatable bonds is 3. The Morgan fingerprint density at radius 3 is 2.68 bits per heavy atom. The Morgan fingerprint density at radius 1 is 1.37 bits per heavy atom. The van der Waals surface area contributed by atoms with Gasteiger partial charge in [0.1, 0.15) is 0 Å². The first-order chi connectivity index (χ1) is 9.06. The highest BCUT2D eigenvalue weighted by Crippen LogP contribution is 2.24. The van der Waals surface area contributed by atoms with Gasteiger partial charge in [-0.3, -0.25) is 4.79 Å². The maximum atomic E-state index is 12.0. The van der Waals surface area contributed by atoms with Gasteiger partial charge >= 0.3 is 0 Å². The molecular formula is C14H19ClN2O2. The van der Waals surface area contributed by atoms with E-state index in [9.17, 15) is 9.90 Å². The van der Waals surface area contributed by atoms with E-state index in [2.05, 4.69) is 5.32 Å². The van der Waals surface area contributed by atoms with Crippen molar-refractivity contribution in [3.8, 4) is 0 Å². The summed E-state index contributed by atoms with van der Waals surface area (Å²) in [5, 5.41) is 12.9. The van der Waals surface area contributed by atoms with Crippen molar-refractivity contribution < 1.29 is 9.90 Å². The van der Waals surface area contributed by atoms with Crippen LogP contribution in [0.4, 0.5) is 5.69 Å². The van der Waals surface area contributed by atoms with E-state index in [0.717, 1.165) is 25.7 Å². The summed E-state index contributed by atoms with van der Waals surface area (Å²) in [7, 11) is 0. The van der Waals surface area contributed by atoms with Crippen LogP contribution in [0.25, 0.3) is 0 Å². The maximum absolute atomic E-state index is 12.0. The Kier molecular flexibility index (Phi) is 4.66. The molecule has 4 nitrogen and oxygen atoms in total. The minimum atomic E-state index is -0.168. The van der Waals surface area contributed by atoms with Crippen LogP contribution in [0.5, 0.6) is 0 Å². The van der Waals surface area contributed by atoms with Crippen molar-refractivity contribution >= 4 is 23.2 Å². The molecule has 0 spiro atoms. The molecule has 1 aliphatic rings. The molecule has 1 fully saturated rings. The number of carbonyl (C=O) groups excluding carboxylic acids is 1. The normalized spacial score (nSPS) is 23.1. The number of nitrogens with one attached hydrogen (secondary N) is 1. The number of nitrogens with two attached hydrogens (primary N) is 1. The predicted molar refractivity (Wildman–Crippen MR) is 76.2 cm³/mol. The summed E-state index contributed by atoms with van der Waals surface area (Å²) in [4.78, 5) is 12.0. The number of hydrogen-bond acceptors (Lipinski definition) is 3. The van der Waals surface area contributed by atoms with Crippen LogP contribution in [-0.4, -0.2) is 23.7 Å². The summed E-state index contributed by atoms with van der Waals surface area (Å²) in [6.07, 6.45) is 3.39. The smallest absolute Gasteiger partial charge is 0.253 e. The van der Waals surface area contributed by atoms with E-state index in [1.165, 1.54) is 0 Å². The molecule has 1 aliphatic carbocycles. The Hall–Kier alpha value is -1.26. The van der Waals surface area contributed by atoms with Gasteiger partial charge < -0.3 is 16.2 Å². The van der Waals surface area contributed by atoms with Crippen LogP contribution in [-0.2, 0) is 0 Å². The molecule has 0 aliphatic heterocycles. The Balaban J connectivity index is 1.87. The van der Waals surface area contributed by atoms with Crippen LogP contribution in [0.3, 0.4) is 0 Å². The molecule has 0 unspecified atom stereocenters. The first kappa shape index (κ1) is 14.2. The Bertz CT molecular complexity index is 457. The van der Waals surface area contributed by atoms with Gasteiger partial charge in [0.05, 0.1) is 11.7 Å². The highest BCUT2D eigenvalue weighted by atomic mass is 35.5. The number of nitrogen functional groups attached to an aromatic ring is 1. The predicted octanol–water partition coefficient (Wildman–Crippen LogP) is 2.20. The first-order valence-electron chi connectivity index (χ1n) is 6.57. The molecule has 0 saturated heterocycles. The summed E-state index contributed by atoms with van der Waals surface area (Å²) in [6.45, 7) is 0.633. The van der Waals surface area contributed by atoms with Crippen LogP contribution >= 0.6 is 11.6 Å². The molecule has 19 heavy (non-hydrogen) atoms. The van der Waals surface area contributed by atoms with Gasteiger partial charge in [-0.25, -0.2) is 0 Å². The second kappa shape index (κ2) is 6.26. The molecule has 2 rings (SSSR count). The van der Waals surface area contributed by atoms with Crippen molar-refractivity contribution in [1.82, 2.24) is 5.32 Å². The first-order valence-corrected chi connectivity index (χ1v) is 6.95. The summed E-state index contributed by atoms with van der Waals surface area (Å²) < 4.78 is 0. The van der Waals surface area contributed by atoms with E-state index >= 15 is 0 Å². The molecule has 0 aromatic heterocycles. The zero-order valence-electron chi connectivity index (χ0n) is 10.7. The highest BCUT2D eigenvalue weighted by Gasteiger charge is 2.20. The minimum absolute atomic E-state index is 0.166. The Labute approximate surface area is 117 Å². The van der Waals surface area contributed by atoms with Gasteiger partial charge in [-0.15, -0.1) is 0 Å². The summed E-state index contributed by atoms with van der Waals surface area (Å²) in [5.74, 6) is 0.279. The second-order valence-corrected chi connectivity index (χ2v) is 5.55. The molecule has 0 atom stereocenters. The lowest BCUT2D eigenvalue weighted by molar-refractivity contribution is 0.0911. The van der Waals surface area contributed by atoms with Crippen molar-refractivity contribution in [3.63, 3.8) is 0 Å². The largest absolute Gasteiger partial charge is 0.398 e. The van der Waals surface area contributed by atoms with Crippen molar-refractivity contribution in [1.29, 1.82) is 0 Å². The quantitative estimate of drug-likeness (QED) is 0.744. The number of anilines is 1. The zero-order valence-corrected chi connectivity index (χ0v) is 11.5. The summed E-state index contributed by atoms with van der Waals surface area (Å²) in [5.41, 5.74) is 6.62. The van der Waals surface area contributed by atoms with Crippen molar-refractivity contribution in [3.05, 3.63) is 28.8 Å². The average Bonchev–Trinajstić information content (AvgIpc) is 2.37. The standard InChI is InChI=1S/C14H19ClN2O2/c15-10-3-6-12(13(16)7-10)14(19)17-8-9-1-4-11(18)5-2-9/h3,6-7,9,11,18H,1-2,4-5,8,16H2,(H,17,19). The monoisotopic (exact) mass is 282 g/mol. The van der Waals surface area contributed by atoms with E-state index in [4.69, 9.17) is 17.3 Å². The molecule has 1 aromatic carbocycles. The third-order valence-corrected chi connectivity index (χ3v) is 3.86. The highest BCUT2D eigenvalue weighted by molar-refractivity contribution is 6.31. The molecule has 1 saturated carbocycles. The van der Waals surface area contributed by atoms with Gasteiger partial charge in [-0.2, -0.15) is 0 Å². The van der Waals surface area contributed by atoms with Crippen molar-refractivity contribution in [2.24, 2.45) is 5.92 Å². The van der Waals surface area contributed by atoms with E-state index in [0.29, 0.717) is 28.7 Å². The minimum Gasteiger partial charge on any atom is -0.398 e. The number of amides is 1. The van der Waals surface area contributed by atoms with Crippen molar-refractivity contribution in [2.45, 2.75) is 31.8 Å². The fraction of sp³-hybridized carbons (Fsp3) is 0.500. The summed E-state index contributed by atoms with van der Waals surface area (Å²) in [6, 6.07) is 4.87. The number of halogens is 1. The summed E-state index contributed by atoms with van der Waals surface area (Å²) >= 11 is 5.80. The number of hydrogen-bond donors (Lipinski definition) is 3. The van der Waals surface area contributed by atoms with Crippen LogP contribution in [0.15, 0.2) is 18.2 Å². The molecule has 0 bridgehead atoms. The lowest BCUT2D eigenvalue weighted by Gasteiger charge is -2.25. The van der Waals surface area contributed by atoms with Gasteiger partial charge in [-0.05, 0) is 49.8 Å². The van der Waals surface area contributed by atoms with Crippen LogP contribution < -0.4 is 11.1 Å². The van der Waals surface area contributed by atoms with Gasteiger partial charge in [0, 0.05) is 17.3 Å². The van der Waals surface area contributed by atoms with E-state index in [1.54, 1.807) is 18.2 Å². The van der Waals surface area contributed by atoms with Gasteiger partial charge in [0.25, 0.3) is 5.91 Å². The van der Waals surface area contributed by atoms with Crippen molar-refractivity contribution in [2.75, 3.05) is 12.3 Å². The van der Waals surface area contributed by atoms with Gasteiger partial charge in [-0.1, -0.05) is 11.6 Å². The number of carbonyl (C=O) groups is 1. The average molecular weight is 283 g/mol. The van der Waals surface area contributed by atoms with E-state index < -0.39 is 0 Å². The second-order valence-electron chi connectivity index (χ2n) is 5.12. The lowest BCUT2D eigenvalue weighted by atomic mass is 9.87. The van der Waals surface area contributed by atoms with Crippen LogP contribution in [0.2, 0.25) is 5.02 Å².